The van der Waals surface area contributed by atoms with Crippen LogP contribution in [0.2, 0.25) is 0 Å². The molecule has 0 N–H and O–H groups in total. The molecule has 5 aromatic rings. The fourth-order valence-electron chi connectivity index (χ4n) is 5.90. The molecular formula is C36H34BrN3O4S. The lowest BCUT2D eigenvalue weighted by atomic mass is 9.95. The second-order valence-corrected chi connectivity index (χ2v) is 13.2. The number of carbonyl (C=O) groups is 1. The van der Waals surface area contributed by atoms with Gasteiger partial charge in [0.2, 0.25) is 0 Å². The van der Waals surface area contributed by atoms with E-state index in [0.29, 0.717) is 38.5 Å². The predicted molar refractivity (Wildman–Crippen MR) is 183 cm³/mol. The van der Waals surface area contributed by atoms with Gasteiger partial charge in [-0.3, -0.25) is 9.36 Å². The van der Waals surface area contributed by atoms with Crippen LogP contribution in [0.25, 0.3) is 17.0 Å². The summed E-state index contributed by atoms with van der Waals surface area (Å²) in [5.74, 6) is 0.111. The zero-order chi connectivity index (χ0) is 31.8. The highest BCUT2D eigenvalue weighted by molar-refractivity contribution is 9.10. The van der Waals surface area contributed by atoms with Gasteiger partial charge in [0.1, 0.15) is 11.8 Å². The summed E-state index contributed by atoms with van der Waals surface area (Å²) in [7, 11) is 0. The highest BCUT2D eigenvalue weighted by atomic mass is 79.9. The van der Waals surface area contributed by atoms with E-state index in [9.17, 15) is 9.59 Å². The van der Waals surface area contributed by atoms with E-state index in [2.05, 4.69) is 51.7 Å². The fourth-order valence-corrected chi connectivity index (χ4v) is 7.19. The number of thiazole rings is 1. The van der Waals surface area contributed by atoms with Crippen LogP contribution in [0, 0.1) is 6.92 Å². The number of fused-ring (bicyclic) bond motifs is 2. The monoisotopic (exact) mass is 683 g/mol. The molecule has 1 aliphatic heterocycles. The minimum atomic E-state index is -0.753. The highest BCUT2D eigenvalue weighted by Crippen LogP contribution is 2.36. The van der Waals surface area contributed by atoms with Gasteiger partial charge in [0, 0.05) is 38.7 Å². The van der Waals surface area contributed by atoms with E-state index >= 15 is 0 Å². The van der Waals surface area contributed by atoms with Crippen LogP contribution in [-0.2, 0) is 16.1 Å². The number of hydrogen-bond acceptors (Lipinski definition) is 6. The molecule has 0 unspecified atom stereocenters. The first-order valence-electron chi connectivity index (χ1n) is 15.0. The maximum absolute atomic E-state index is 14.4. The lowest BCUT2D eigenvalue weighted by molar-refractivity contribution is -0.139. The molecule has 0 fully saturated rings. The smallest absolute Gasteiger partial charge is 0.338 e. The zero-order valence-corrected chi connectivity index (χ0v) is 28.2. The van der Waals surface area contributed by atoms with Crippen LogP contribution in [0.5, 0.6) is 5.75 Å². The molecule has 0 radical (unpaired) electrons. The zero-order valence-electron chi connectivity index (χ0n) is 25.8. The van der Waals surface area contributed by atoms with Crippen molar-refractivity contribution in [3.63, 3.8) is 0 Å². The van der Waals surface area contributed by atoms with Crippen molar-refractivity contribution in [2.24, 2.45) is 4.99 Å². The first kappa shape index (κ1) is 30.8. The maximum Gasteiger partial charge on any atom is 0.338 e. The number of allylic oxidation sites excluding steroid dienone is 1. The molecule has 1 aliphatic rings. The number of benzene rings is 3. The molecule has 0 amide bonds. The number of aromatic nitrogens is 2. The summed E-state index contributed by atoms with van der Waals surface area (Å²) in [6.45, 7) is 10.5. The van der Waals surface area contributed by atoms with Crippen molar-refractivity contribution < 1.29 is 14.3 Å². The summed E-state index contributed by atoms with van der Waals surface area (Å²) >= 11 is 4.85. The van der Waals surface area contributed by atoms with E-state index in [1.54, 1.807) is 18.4 Å². The molecule has 3 aromatic carbocycles. The Labute approximate surface area is 273 Å². The lowest BCUT2D eigenvalue weighted by Crippen LogP contribution is -2.40. The number of rotatable bonds is 8. The van der Waals surface area contributed by atoms with Gasteiger partial charge in [-0.2, -0.15) is 0 Å². The second-order valence-electron chi connectivity index (χ2n) is 11.2. The molecule has 1 atom stereocenters. The summed E-state index contributed by atoms with van der Waals surface area (Å²) in [5.41, 5.74) is 5.65. The highest BCUT2D eigenvalue weighted by Gasteiger charge is 2.35. The SMILES string of the molecule is CCOC(=O)C1=C(C)N=c2s/c(=C/c3c(C)n(Cc4ccc(Br)cc4)c4ccccc34)c(=O)n2[C@H]1c1ccccc1OC(C)C. The van der Waals surface area contributed by atoms with Crippen LogP contribution < -0.4 is 19.6 Å². The second kappa shape index (κ2) is 12.7. The van der Waals surface area contributed by atoms with Crippen molar-refractivity contribution in [1.29, 1.82) is 0 Å². The molecule has 230 valence electrons. The summed E-state index contributed by atoms with van der Waals surface area (Å²) < 4.78 is 17.1. The van der Waals surface area contributed by atoms with Crippen LogP contribution in [0.15, 0.2) is 98.3 Å². The van der Waals surface area contributed by atoms with Gasteiger partial charge in [-0.05, 0) is 70.5 Å². The van der Waals surface area contributed by atoms with Crippen molar-refractivity contribution in [2.75, 3.05) is 6.61 Å². The van der Waals surface area contributed by atoms with Gasteiger partial charge in [-0.25, -0.2) is 9.79 Å². The normalized spacial score (nSPS) is 15.0. The van der Waals surface area contributed by atoms with Crippen LogP contribution >= 0.6 is 27.3 Å². The number of halogens is 1. The molecule has 0 bridgehead atoms. The minimum Gasteiger partial charge on any atom is -0.491 e. The number of ether oxygens (including phenoxy) is 2. The standard InChI is InChI=1S/C36H34BrN3O4S/c1-6-43-35(42)32-22(4)38-36-40(33(32)27-12-8-10-14-30(27)44-21(2)3)34(41)31(45-36)19-28-23(5)39(29-13-9-7-11-26(28)29)20-24-15-17-25(37)18-16-24/h7-19,21,33H,6,20H2,1-5H3/b31-19+/t33-/m0/s1. The minimum absolute atomic E-state index is 0.101. The van der Waals surface area contributed by atoms with Crippen molar-refractivity contribution >= 4 is 50.2 Å². The van der Waals surface area contributed by atoms with Gasteiger partial charge < -0.3 is 14.0 Å². The van der Waals surface area contributed by atoms with Crippen LogP contribution in [0.3, 0.4) is 0 Å². The molecule has 2 aromatic heterocycles. The first-order chi connectivity index (χ1) is 21.7. The number of hydrogen-bond donors (Lipinski definition) is 0. The Morgan fingerprint density at radius 2 is 1.76 bits per heavy atom. The van der Waals surface area contributed by atoms with E-state index in [1.165, 1.54) is 16.9 Å². The molecule has 9 heteroatoms. The number of nitrogens with zero attached hydrogens (tertiary/aromatic N) is 3. The van der Waals surface area contributed by atoms with Gasteiger partial charge in [0.15, 0.2) is 4.80 Å². The van der Waals surface area contributed by atoms with Gasteiger partial charge in [0.25, 0.3) is 5.56 Å². The lowest BCUT2D eigenvalue weighted by Gasteiger charge is -2.26. The average molecular weight is 685 g/mol. The van der Waals surface area contributed by atoms with E-state index in [4.69, 9.17) is 14.5 Å². The fraction of sp³-hybridized carbons (Fsp3) is 0.250. The van der Waals surface area contributed by atoms with Gasteiger partial charge >= 0.3 is 5.97 Å². The van der Waals surface area contributed by atoms with Crippen molar-refractivity contribution in [3.05, 3.63) is 131 Å². The Bertz CT molecular complexity index is 2140. The Morgan fingerprint density at radius 3 is 2.49 bits per heavy atom. The molecule has 6 rings (SSSR count). The molecule has 0 aliphatic carbocycles. The van der Waals surface area contributed by atoms with E-state index in [0.717, 1.165) is 26.6 Å². The van der Waals surface area contributed by atoms with Crippen molar-refractivity contribution in [1.82, 2.24) is 9.13 Å². The third-order valence-corrected chi connectivity index (χ3v) is 9.41. The number of esters is 1. The molecule has 7 nitrogen and oxygen atoms in total. The maximum atomic E-state index is 14.4. The molecule has 0 saturated heterocycles. The Morgan fingerprint density at radius 1 is 1.04 bits per heavy atom. The largest absolute Gasteiger partial charge is 0.491 e. The summed E-state index contributed by atoms with van der Waals surface area (Å²) in [6, 6.07) is 23.4. The topological polar surface area (TPSA) is 74.8 Å². The molecule has 3 heterocycles. The third-order valence-electron chi connectivity index (χ3n) is 7.90. The van der Waals surface area contributed by atoms with Crippen LogP contribution in [-0.4, -0.2) is 27.8 Å². The summed E-state index contributed by atoms with van der Waals surface area (Å²) in [5, 5.41) is 1.06. The van der Waals surface area contributed by atoms with Crippen molar-refractivity contribution in [2.45, 2.75) is 53.3 Å². The Kier molecular flexibility index (Phi) is 8.66. The van der Waals surface area contributed by atoms with Gasteiger partial charge in [0.05, 0.1) is 28.5 Å². The quantitative estimate of drug-likeness (QED) is 0.172. The average Bonchev–Trinajstić information content (AvgIpc) is 3.46. The number of para-hydroxylation sites is 2. The molecule has 0 saturated carbocycles. The van der Waals surface area contributed by atoms with E-state index in [-0.39, 0.29) is 18.3 Å². The van der Waals surface area contributed by atoms with Crippen LogP contribution in [0.4, 0.5) is 0 Å². The molecule has 45 heavy (non-hydrogen) atoms. The first-order valence-corrected chi connectivity index (χ1v) is 16.6. The van der Waals surface area contributed by atoms with Gasteiger partial charge in [-0.15, -0.1) is 0 Å². The molecular weight excluding hydrogens is 650 g/mol. The summed E-state index contributed by atoms with van der Waals surface area (Å²) in [6.07, 6.45) is 1.87. The Hall–Kier alpha value is -4.21. The molecule has 0 spiro atoms. The Balaban J connectivity index is 1.56. The number of carbonyl (C=O) groups excluding carboxylic acids is 1. The van der Waals surface area contributed by atoms with E-state index in [1.807, 2.05) is 68.5 Å². The third kappa shape index (κ3) is 5.82. The van der Waals surface area contributed by atoms with E-state index < -0.39 is 12.0 Å². The summed E-state index contributed by atoms with van der Waals surface area (Å²) in [4.78, 5) is 33.1. The predicted octanol–water partition coefficient (Wildman–Crippen LogP) is 6.66. The van der Waals surface area contributed by atoms with Crippen LogP contribution in [0.1, 0.15) is 56.1 Å². The van der Waals surface area contributed by atoms with Gasteiger partial charge in [-0.1, -0.05) is 75.8 Å². The van der Waals surface area contributed by atoms with Crippen molar-refractivity contribution in [3.8, 4) is 5.75 Å².